The van der Waals surface area contributed by atoms with Crippen LogP contribution < -0.4 is 10.1 Å². The molecule has 6 nitrogen and oxygen atoms in total. The molecule has 0 bridgehead atoms. The van der Waals surface area contributed by atoms with Crippen molar-refractivity contribution in [2.24, 2.45) is 0 Å². The average Bonchev–Trinajstić information content (AvgIpc) is 2.95. The Morgan fingerprint density at radius 3 is 2.83 bits per heavy atom. The zero-order chi connectivity index (χ0) is 16.7. The first-order valence-corrected chi connectivity index (χ1v) is 8.95. The molecule has 1 heterocycles. The van der Waals surface area contributed by atoms with E-state index >= 15 is 0 Å². The summed E-state index contributed by atoms with van der Waals surface area (Å²) in [4.78, 5) is 23.4. The second kappa shape index (κ2) is 8.64. The Labute approximate surface area is 142 Å². The van der Waals surface area contributed by atoms with Crippen LogP contribution in [0.2, 0.25) is 0 Å². The van der Waals surface area contributed by atoms with Crippen molar-refractivity contribution in [2.45, 2.75) is 31.0 Å². The molecule has 122 valence electrons. The number of ether oxygens (including phenoxy) is 1. The molecule has 0 spiro atoms. The van der Waals surface area contributed by atoms with E-state index in [1.54, 1.807) is 36.0 Å². The molecular formula is C15H17N3O3S2. The van der Waals surface area contributed by atoms with Gasteiger partial charge in [0.1, 0.15) is 5.75 Å². The summed E-state index contributed by atoms with van der Waals surface area (Å²) in [7, 11) is 0. The topological polar surface area (TPSA) is 81.2 Å². The maximum atomic E-state index is 12.3. The van der Waals surface area contributed by atoms with Gasteiger partial charge in [0.2, 0.25) is 5.13 Å². The van der Waals surface area contributed by atoms with E-state index in [-0.39, 0.29) is 17.2 Å². The first kappa shape index (κ1) is 17.4. The summed E-state index contributed by atoms with van der Waals surface area (Å²) >= 11 is 2.95. The number of amides is 1. The summed E-state index contributed by atoms with van der Waals surface area (Å²) < 4.78 is 5.86. The smallest absolute Gasteiger partial charge is 0.308 e. The van der Waals surface area contributed by atoms with E-state index in [0.717, 1.165) is 22.9 Å². The van der Waals surface area contributed by atoms with Gasteiger partial charge in [0, 0.05) is 12.7 Å². The van der Waals surface area contributed by atoms with Crippen molar-refractivity contribution in [3.05, 3.63) is 29.8 Å². The highest BCUT2D eigenvalue weighted by molar-refractivity contribution is 8.01. The van der Waals surface area contributed by atoms with Crippen LogP contribution in [0.15, 0.2) is 28.6 Å². The zero-order valence-electron chi connectivity index (χ0n) is 12.9. The van der Waals surface area contributed by atoms with Crippen molar-refractivity contribution in [1.82, 2.24) is 10.2 Å². The van der Waals surface area contributed by atoms with Gasteiger partial charge in [0.05, 0.1) is 5.56 Å². The van der Waals surface area contributed by atoms with Gasteiger partial charge in [-0.2, -0.15) is 0 Å². The Hall–Kier alpha value is -1.93. The van der Waals surface area contributed by atoms with Gasteiger partial charge in [-0.15, -0.1) is 10.2 Å². The number of unbranched alkanes of at least 4 members (excludes halogenated alkanes) is 1. The highest BCUT2D eigenvalue weighted by Gasteiger charge is 2.15. The molecule has 0 aliphatic heterocycles. The SMILES string of the molecule is CCCCSc1nnc(NC(=O)c2ccccc2OC(C)=O)s1. The van der Waals surface area contributed by atoms with Gasteiger partial charge in [-0.1, -0.05) is 48.6 Å². The van der Waals surface area contributed by atoms with E-state index in [4.69, 9.17) is 4.74 Å². The number of carbonyl (C=O) groups is 2. The van der Waals surface area contributed by atoms with E-state index < -0.39 is 5.97 Å². The number of nitrogens with one attached hydrogen (secondary N) is 1. The van der Waals surface area contributed by atoms with Gasteiger partial charge in [0.15, 0.2) is 4.34 Å². The van der Waals surface area contributed by atoms with Crippen molar-refractivity contribution in [3.63, 3.8) is 0 Å². The number of benzene rings is 1. The predicted octanol–water partition coefficient (Wildman–Crippen LogP) is 3.61. The maximum absolute atomic E-state index is 12.3. The summed E-state index contributed by atoms with van der Waals surface area (Å²) in [6.45, 7) is 3.42. The third kappa shape index (κ3) is 5.33. The molecule has 0 saturated carbocycles. The first-order chi connectivity index (χ1) is 11.1. The van der Waals surface area contributed by atoms with E-state index in [1.165, 1.54) is 18.3 Å². The van der Waals surface area contributed by atoms with Crippen molar-refractivity contribution < 1.29 is 14.3 Å². The molecule has 1 amide bonds. The molecule has 0 aliphatic rings. The van der Waals surface area contributed by atoms with Crippen LogP contribution in [0.25, 0.3) is 0 Å². The third-order valence-corrected chi connectivity index (χ3v) is 4.79. The summed E-state index contributed by atoms with van der Waals surface area (Å²) in [5, 5.41) is 11.1. The lowest BCUT2D eigenvalue weighted by molar-refractivity contribution is -0.131. The summed E-state index contributed by atoms with van der Waals surface area (Å²) in [5.41, 5.74) is 0.276. The fourth-order valence-electron chi connectivity index (χ4n) is 1.68. The normalized spacial score (nSPS) is 10.3. The molecule has 1 N–H and O–H groups in total. The van der Waals surface area contributed by atoms with Crippen LogP contribution in [0, 0.1) is 0 Å². The van der Waals surface area contributed by atoms with Crippen molar-refractivity contribution in [1.29, 1.82) is 0 Å². The Balaban J connectivity index is 2.03. The molecule has 0 unspecified atom stereocenters. The molecule has 0 aliphatic carbocycles. The predicted molar refractivity (Wildman–Crippen MR) is 91.2 cm³/mol. The Kier molecular flexibility index (Phi) is 6.54. The quantitative estimate of drug-likeness (QED) is 0.270. The van der Waals surface area contributed by atoms with E-state index in [2.05, 4.69) is 22.4 Å². The average molecular weight is 351 g/mol. The van der Waals surface area contributed by atoms with Crippen LogP contribution in [-0.2, 0) is 4.79 Å². The van der Waals surface area contributed by atoms with E-state index in [9.17, 15) is 9.59 Å². The number of carbonyl (C=O) groups excluding carboxylic acids is 2. The van der Waals surface area contributed by atoms with Crippen LogP contribution in [-0.4, -0.2) is 27.8 Å². The Morgan fingerprint density at radius 1 is 1.30 bits per heavy atom. The number of hydrogen-bond donors (Lipinski definition) is 1. The number of aromatic nitrogens is 2. The minimum atomic E-state index is -0.476. The summed E-state index contributed by atoms with van der Waals surface area (Å²) in [5.74, 6) is 0.340. The van der Waals surface area contributed by atoms with E-state index in [1.807, 2.05) is 0 Å². The van der Waals surface area contributed by atoms with Gasteiger partial charge < -0.3 is 4.74 Å². The highest BCUT2D eigenvalue weighted by Crippen LogP contribution is 2.27. The minimum Gasteiger partial charge on any atom is -0.426 e. The molecular weight excluding hydrogens is 334 g/mol. The molecule has 23 heavy (non-hydrogen) atoms. The molecule has 0 atom stereocenters. The van der Waals surface area contributed by atoms with Crippen molar-refractivity contribution in [3.8, 4) is 5.75 Å². The van der Waals surface area contributed by atoms with Crippen molar-refractivity contribution >= 4 is 40.1 Å². The molecule has 1 aromatic heterocycles. The van der Waals surface area contributed by atoms with Gasteiger partial charge in [-0.05, 0) is 18.6 Å². The molecule has 1 aromatic carbocycles. The zero-order valence-corrected chi connectivity index (χ0v) is 14.5. The number of anilines is 1. The van der Waals surface area contributed by atoms with Crippen LogP contribution in [0.1, 0.15) is 37.0 Å². The first-order valence-electron chi connectivity index (χ1n) is 7.15. The number of esters is 1. The largest absolute Gasteiger partial charge is 0.426 e. The summed E-state index contributed by atoms with van der Waals surface area (Å²) in [6.07, 6.45) is 2.24. The maximum Gasteiger partial charge on any atom is 0.308 e. The van der Waals surface area contributed by atoms with Gasteiger partial charge in [-0.25, -0.2) is 0 Å². The summed E-state index contributed by atoms with van der Waals surface area (Å²) in [6, 6.07) is 6.56. The van der Waals surface area contributed by atoms with Crippen LogP contribution in [0.4, 0.5) is 5.13 Å². The lowest BCUT2D eigenvalue weighted by Crippen LogP contribution is -2.14. The van der Waals surface area contributed by atoms with Crippen LogP contribution >= 0.6 is 23.1 Å². The fraction of sp³-hybridized carbons (Fsp3) is 0.333. The van der Waals surface area contributed by atoms with Gasteiger partial charge in [-0.3, -0.25) is 14.9 Å². The second-order valence-electron chi connectivity index (χ2n) is 4.62. The molecule has 8 heteroatoms. The molecule has 2 aromatic rings. The van der Waals surface area contributed by atoms with Crippen LogP contribution in [0.3, 0.4) is 0 Å². The Morgan fingerprint density at radius 2 is 2.09 bits per heavy atom. The number of thioether (sulfide) groups is 1. The van der Waals surface area contributed by atoms with E-state index in [0.29, 0.717) is 5.13 Å². The van der Waals surface area contributed by atoms with Gasteiger partial charge in [0.25, 0.3) is 5.91 Å². The lowest BCUT2D eigenvalue weighted by atomic mass is 10.2. The standard InChI is InChI=1S/C15H17N3O3S2/c1-3-4-9-22-15-18-17-14(23-15)16-13(20)11-7-5-6-8-12(11)21-10(2)19/h5-8H,3-4,9H2,1-2H3,(H,16,17,20). The highest BCUT2D eigenvalue weighted by atomic mass is 32.2. The number of nitrogens with zero attached hydrogens (tertiary/aromatic N) is 2. The monoisotopic (exact) mass is 351 g/mol. The second-order valence-corrected chi connectivity index (χ2v) is 6.94. The minimum absolute atomic E-state index is 0.222. The van der Waals surface area contributed by atoms with Crippen LogP contribution in [0.5, 0.6) is 5.75 Å². The molecule has 0 fully saturated rings. The Bertz CT molecular complexity index is 688. The lowest BCUT2D eigenvalue weighted by Gasteiger charge is -2.07. The number of hydrogen-bond acceptors (Lipinski definition) is 7. The molecule has 0 saturated heterocycles. The van der Waals surface area contributed by atoms with Gasteiger partial charge >= 0.3 is 5.97 Å². The number of para-hydroxylation sites is 1. The van der Waals surface area contributed by atoms with Crippen molar-refractivity contribution in [2.75, 3.05) is 11.1 Å². The third-order valence-electron chi connectivity index (χ3n) is 2.74. The molecule has 2 rings (SSSR count). The number of rotatable bonds is 7. The fourth-order valence-corrected chi connectivity index (χ4v) is 3.59. The molecule has 0 radical (unpaired) electrons.